The monoisotopic (exact) mass is 236 g/mol. The highest BCUT2D eigenvalue weighted by Gasteiger charge is 2.18. The second kappa shape index (κ2) is 6.45. The highest BCUT2D eigenvalue weighted by atomic mass is 32.2. The minimum atomic E-state index is -3.17. The molecular weight excluding hydrogens is 212 g/mol. The Morgan fingerprint density at radius 2 is 1.67 bits per heavy atom. The molecule has 0 aliphatic heterocycles. The Bertz CT molecular complexity index is 261. The zero-order valence-corrected chi connectivity index (χ0v) is 11.0. The Labute approximate surface area is 93.7 Å². The van der Waals surface area contributed by atoms with Crippen LogP contribution in [0, 0.1) is 11.8 Å². The Hall–Kier alpha value is -0.130. The topological polar surface area (TPSA) is 72.2 Å². The van der Waals surface area contributed by atoms with Gasteiger partial charge >= 0.3 is 0 Å². The summed E-state index contributed by atoms with van der Waals surface area (Å²) in [5, 5.41) is 0. The van der Waals surface area contributed by atoms with E-state index < -0.39 is 10.0 Å². The van der Waals surface area contributed by atoms with Crippen molar-refractivity contribution in [3.05, 3.63) is 0 Å². The van der Waals surface area contributed by atoms with E-state index in [9.17, 15) is 8.42 Å². The smallest absolute Gasteiger partial charge is 0.212 e. The van der Waals surface area contributed by atoms with Crippen molar-refractivity contribution in [2.75, 3.05) is 12.3 Å². The maximum Gasteiger partial charge on any atom is 0.212 e. The minimum Gasteiger partial charge on any atom is -0.329 e. The van der Waals surface area contributed by atoms with Crippen molar-refractivity contribution in [1.29, 1.82) is 0 Å². The number of nitrogens with one attached hydrogen (secondary N) is 1. The first-order chi connectivity index (χ1) is 6.76. The van der Waals surface area contributed by atoms with Crippen molar-refractivity contribution >= 4 is 10.0 Å². The quantitative estimate of drug-likeness (QED) is 0.691. The summed E-state index contributed by atoms with van der Waals surface area (Å²) in [7, 11) is -3.17. The van der Waals surface area contributed by atoms with Crippen LogP contribution in [-0.2, 0) is 10.0 Å². The molecule has 15 heavy (non-hydrogen) atoms. The van der Waals surface area contributed by atoms with E-state index in [-0.39, 0.29) is 17.7 Å². The second-order valence-corrected chi connectivity index (χ2v) is 6.65. The van der Waals surface area contributed by atoms with Gasteiger partial charge in [-0.25, -0.2) is 13.1 Å². The molecule has 0 radical (unpaired) electrons. The second-order valence-electron chi connectivity index (χ2n) is 4.86. The summed E-state index contributed by atoms with van der Waals surface area (Å²) in [6, 6.07) is -0.131. The Balaban J connectivity index is 4.28. The Morgan fingerprint density at radius 1 is 1.13 bits per heavy atom. The van der Waals surface area contributed by atoms with Gasteiger partial charge in [0.05, 0.1) is 5.75 Å². The predicted octanol–water partition coefficient (Wildman–Crippen LogP) is 0.935. The number of hydrogen-bond donors (Lipinski definition) is 2. The summed E-state index contributed by atoms with van der Waals surface area (Å²) in [6.07, 6.45) is 0.786. The largest absolute Gasteiger partial charge is 0.329 e. The molecule has 0 fully saturated rings. The first kappa shape index (κ1) is 14.9. The molecule has 5 heteroatoms. The SMILES string of the molecule is CC(C)CC(CN)NS(=O)(=O)CC(C)C. The lowest BCUT2D eigenvalue weighted by Gasteiger charge is -2.19. The molecule has 0 aliphatic carbocycles. The predicted molar refractivity (Wildman–Crippen MR) is 64.1 cm³/mol. The van der Waals surface area contributed by atoms with Crippen molar-refractivity contribution in [2.24, 2.45) is 17.6 Å². The first-order valence-electron chi connectivity index (χ1n) is 5.47. The summed E-state index contributed by atoms with van der Waals surface area (Å²) in [5.41, 5.74) is 5.53. The summed E-state index contributed by atoms with van der Waals surface area (Å²) in [6.45, 7) is 8.24. The number of hydrogen-bond acceptors (Lipinski definition) is 3. The third-order valence-corrected chi connectivity index (χ3v) is 3.74. The molecule has 0 spiro atoms. The summed E-state index contributed by atoms with van der Waals surface area (Å²) in [4.78, 5) is 0. The molecular formula is C10H24N2O2S. The van der Waals surface area contributed by atoms with Gasteiger partial charge in [-0.15, -0.1) is 0 Å². The standard InChI is InChI=1S/C10H24N2O2S/c1-8(2)5-10(6-11)12-15(13,14)7-9(3)4/h8-10,12H,5-7,11H2,1-4H3. The molecule has 0 saturated heterocycles. The first-order valence-corrected chi connectivity index (χ1v) is 7.12. The summed E-state index contributed by atoms with van der Waals surface area (Å²) >= 11 is 0. The van der Waals surface area contributed by atoms with E-state index in [1.54, 1.807) is 0 Å². The van der Waals surface area contributed by atoms with E-state index in [2.05, 4.69) is 18.6 Å². The van der Waals surface area contributed by atoms with Crippen molar-refractivity contribution in [3.63, 3.8) is 0 Å². The number of sulfonamides is 1. The molecule has 92 valence electrons. The lowest BCUT2D eigenvalue weighted by molar-refractivity contribution is 0.463. The highest BCUT2D eigenvalue weighted by Crippen LogP contribution is 2.06. The van der Waals surface area contributed by atoms with Crippen LogP contribution in [0.15, 0.2) is 0 Å². The molecule has 0 aromatic carbocycles. The maximum atomic E-state index is 11.6. The zero-order valence-electron chi connectivity index (χ0n) is 10.2. The molecule has 4 nitrogen and oxygen atoms in total. The number of nitrogens with two attached hydrogens (primary N) is 1. The molecule has 1 atom stereocenters. The fraction of sp³-hybridized carbons (Fsp3) is 1.00. The molecule has 0 amide bonds. The minimum absolute atomic E-state index is 0.131. The zero-order chi connectivity index (χ0) is 12.1. The maximum absolute atomic E-state index is 11.6. The molecule has 0 heterocycles. The third-order valence-electron chi connectivity index (χ3n) is 1.94. The highest BCUT2D eigenvalue weighted by molar-refractivity contribution is 7.89. The Morgan fingerprint density at radius 3 is 2.00 bits per heavy atom. The van der Waals surface area contributed by atoms with Gasteiger partial charge in [0.2, 0.25) is 10.0 Å². The van der Waals surface area contributed by atoms with Crippen LogP contribution in [0.25, 0.3) is 0 Å². The Kier molecular flexibility index (Phi) is 6.40. The van der Waals surface area contributed by atoms with Gasteiger partial charge in [0.1, 0.15) is 0 Å². The van der Waals surface area contributed by atoms with Gasteiger partial charge in [0.15, 0.2) is 0 Å². The van der Waals surface area contributed by atoms with Crippen LogP contribution in [0.1, 0.15) is 34.1 Å². The summed E-state index contributed by atoms with van der Waals surface area (Å²) < 4.78 is 25.9. The summed E-state index contributed by atoms with van der Waals surface area (Å²) in [5.74, 6) is 0.752. The van der Waals surface area contributed by atoms with Crippen LogP contribution in [0.2, 0.25) is 0 Å². The molecule has 0 aliphatic rings. The van der Waals surface area contributed by atoms with Crippen LogP contribution < -0.4 is 10.5 Å². The lowest BCUT2D eigenvalue weighted by atomic mass is 10.1. The van der Waals surface area contributed by atoms with E-state index in [0.717, 1.165) is 6.42 Å². The van der Waals surface area contributed by atoms with Crippen LogP contribution in [0.4, 0.5) is 0 Å². The molecule has 0 bridgehead atoms. The van der Waals surface area contributed by atoms with Crippen LogP contribution in [0.5, 0.6) is 0 Å². The fourth-order valence-electron chi connectivity index (χ4n) is 1.50. The van der Waals surface area contributed by atoms with Gasteiger partial charge in [-0.3, -0.25) is 0 Å². The van der Waals surface area contributed by atoms with Crippen molar-refractivity contribution in [1.82, 2.24) is 4.72 Å². The van der Waals surface area contributed by atoms with Gasteiger partial charge in [0.25, 0.3) is 0 Å². The third kappa shape index (κ3) is 7.76. The van der Waals surface area contributed by atoms with Crippen molar-refractivity contribution < 1.29 is 8.42 Å². The average molecular weight is 236 g/mol. The van der Waals surface area contributed by atoms with E-state index in [1.807, 2.05) is 13.8 Å². The van der Waals surface area contributed by atoms with Gasteiger partial charge < -0.3 is 5.73 Å². The van der Waals surface area contributed by atoms with Gasteiger partial charge in [-0.1, -0.05) is 27.7 Å². The van der Waals surface area contributed by atoms with Gasteiger partial charge in [-0.2, -0.15) is 0 Å². The number of rotatable bonds is 7. The van der Waals surface area contributed by atoms with E-state index >= 15 is 0 Å². The van der Waals surface area contributed by atoms with Crippen molar-refractivity contribution in [3.8, 4) is 0 Å². The molecule has 0 saturated carbocycles. The van der Waals surface area contributed by atoms with Crippen LogP contribution >= 0.6 is 0 Å². The van der Waals surface area contributed by atoms with E-state index in [0.29, 0.717) is 12.5 Å². The van der Waals surface area contributed by atoms with Gasteiger partial charge in [-0.05, 0) is 18.3 Å². The normalized spacial score (nSPS) is 14.9. The molecule has 0 aromatic heterocycles. The fourth-order valence-corrected chi connectivity index (χ4v) is 3.18. The molecule has 1 unspecified atom stereocenters. The lowest BCUT2D eigenvalue weighted by Crippen LogP contribution is -2.42. The average Bonchev–Trinajstić information content (AvgIpc) is 1.98. The van der Waals surface area contributed by atoms with Gasteiger partial charge in [0, 0.05) is 12.6 Å². The molecule has 3 N–H and O–H groups in total. The van der Waals surface area contributed by atoms with E-state index in [4.69, 9.17) is 5.73 Å². The van der Waals surface area contributed by atoms with Crippen molar-refractivity contribution in [2.45, 2.75) is 40.2 Å². The van der Waals surface area contributed by atoms with Crippen LogP contribution in [0.3, 0.4) is 0 Å². The van der Waals surface area contributed by atoms with Crippen LogP contribution in [-0.4, -0.2) is 26.8 Å². The molecule has 0 aromatic rings. The molecule has 0 rings (SSSR count). The van der Waals surface area contributed by atoms with E-state index in [1.165, 1.54) is 0 Å².